The molecule has 7 aliphatic rings. The van der Waals surface area contributed by atoms with Crippen molar-refractivity contribution in [3.8, 4) is 11.5 Å². The lowest BCUT2D eigenvalue weighted by Gasteiger charge is -2.56. The normalized spacial score (nSPS) is 36.2. The zero-order valence-corrected chi connectivity index (χ0v) is 28.0. The number of phenols is 2. The number of phenolic OH excluding ortho intramolecular Hbond substituents is 2. The molecule has 1 saturated carbocycles. The summed E-state index contributed by atoms with van der Waals surface area (Å²) in [5.74, 6) is -4.84. The van der Waals surface area contributed by atoms with Crippen LogP contribution >= 0.6 is 0 Å². The van der Waals surface area contributed by atoms with Gasteiger partial charge in [0.15, 0.2) is 0 Å². The second kappa shape index (κ2) is 8.31. The molecule has 46 heavy (non-hydrogen) atoms. The fourth-order valence-electron chi connectivity index (χ4n) is 11.5. The summed E-state index contributed by atoms with van der Waals surface area (Å²) in [6, 6.07) is 7.54. The second-order valence-electron chi connectivity index (χ2n) is 16.6. The van der Waals surface area contributed by atoms with E-state index in [-0.39, 0.29) is 39.8 Å². The minimum absolute atomic E-state index is 0.148. The molecule has 8 nitrogen and oxygen atoms in total. The van der Waals surface area contributed by atoms with E-state index in [1.54, 1.807) is 6.07 Å². The molecule has 2 aliphatic heterocycles. The lowest BCUT2D eigenvalue weighted by atomic mass is 9.43. The van der Waals surface area contributed by atoms with Crippen LogP contribution in [0, 0.1) is 41.9 Å². The number of fused-ring (bicyclic) bond motifs is 4. The van der Waals surface area contributed by atoms with Gasteiger partial charge in [-0.05, 0) is 90.5 Å². The Labute approximate surface area is 269 Å². The van der Waals surface area contributed by atoms with Crippen LogP contribution in [0.5, 0.6) is 11.5 Å². The van der Waals surface area contributed by atoms with Gasteiger partial charge in [-0.15, -0.1) is 0 Å². The van der Waals surface area contributed by atoms with Gasteiger partial charge in [0.1, 0.15) is 11.5 Å². The first-order valence-corrected chi connectivity index (χ1v) is 16.4. The highest BCUT2D eigenvalue weighted by Gasteiger charge is 2.75. The van der Waals surface area contributed by atoms with Gasteiger partial charge in [0, 0.05) is 23.8 Å². The number of carbonyl (C=O) groups is 4. The largest absolute Gasteiger partial charge is 0.508 e. The van der Waals surface area contributed by atoms with E-state index in [2.05, 4.69) is 33.8 Å². The summed E-state index contributed by atoms with van der Waals surface area (Å²) in [6.45, 7) is 16.4. The molecular formula is C38H42N2O6. The predicted octanol–water partition coefficient (Wildman–Crippen LogP) is 5.38. The summed E-state index contributed by atoms with van der Waals surface area (Å²) >= 11 is 0. The first-order chi connectivity index (χ1) is 21.3. The molecule has 3 fully saturated rings. The van der Waals surface area contributed by atoms with Crippen molar-refractivity contribution in [2.24, 2.45) is 35.0 Å². The topological polar surface area (TPSA) is 115 Å². The number of aryl methyl sites for hydroxylation is 1. The Morgan fingerprint density at radius 3 is 1.78 bits per heavy atom. The third kappa shape index (κ3) is 3.03. The number of allylic oxidation sites excluding steroid dienone is 2. The molecule has 8 heteroatoms. The molecule has 2 N–H and O–H groups in total. The maximum Gasteiger partial charge on any atom is 0.238 e. The Kier molecular flexibility index (Phi) is 5.32. The van der Waals surface area contributed by atoms with Gasteiger partial charge < -0.3 is 10.2 Å². The SMILES string of the molecule is CC1=C(C)C2(C)C3C(=O)N(C)C(=O)C3C1C1C(=O)N(c3cc4c(cc3O)C3(CC(C)(C)c5cc(C)c(O)cc53)CC4(C)C)C(=O)C12. The van der Waals surface area contributed by atoms with E-state index in [0.29, 0.717) is 0 Å². The van der Waals surface area contributed by atoms with Crippen molar-refractivity contribution in [1.82, 2.24) is 4.90 Å². The van der Waals surface area contributed by atoms with Crippen LogP contribution in [0.2, 0.25) is 0 Å². The van der Waals surface area contributed by atoms with E-state index in [0.717, 1.165) is 51.1 Å². The number of imide groups is 2. The van der Waals surface area contributed by atoms with Crippen molar-refractivity contribution >= 4 is 29.3 Å². The lowest BCUT2D eigenvalue weighted by Crippen LogP contribution is -2.59. The Morgan fingerprint density at radius 1 is 0.652 bits per heavy atom. The second-order valence-corrected chi connectivity index (χ2v) is 16.6. The van der Waals surface area contributed by atoms with Crippen molar-refractivity contribution in [2.75, 3.05) is 11.9 Å². The highest BCUT2D eigenvalue weighted by atomic mass is 16.3. The van der Waals surface area contributed by atoms with Gasteiger partial charge in [-0.2, -0.15) is 0 Å². The van der Waals surface area contributed by atoms with Gasteiger partial charge in [-0.25, -0.2) is 4.90 Å². The Bertz CT molecular complexity index is 1920. The number of amides is 4. The van der Waals surface area contributed by atoms with Crippen molar-refractivity contribution < 1.29 is 29.4 Å². The lowest BCUT2D eigenvalue weighted by molar-refractivity contribution is -0.147. The molecule has 0 aromatic heterocycles. The van der Waals surface area contributed by atoms with Crippen molar-refractivity contribution in [3.63, 3.8) is 0 Å². The molecule has 2 aromatic rings. The minimum atomic E-state index is -0.998. The van der Waals surface area contributed by atoms with Crippen LogP contribution in [0.3, 0.4) is 0 Å². The number of anilines is 1. The van der Waals surface area contributed by atoms with E-state index in [1.165, 1.54) is 17.5 Å². The third-order valence-electron chi connectivity index (χ3n) is 13.6. The van der Waals surface area contributed by atoms with Crippen LogP contribution in [0.25, 0.3) is 0 Å². The highest BCUT2D eigenvalue weighted by molar-refractivity contribution is 6.24. The van der Waals surface area contributed by atoms with Crippen LogP contribution in [0.4, 0.5) is 5.69 Å². The van der Waals surface area contributed by atoms with Crippen LogP contribution in [-0.4, -0.2) is 45.8 Å². The number of hydrogen-bond acceptors (Lipinski definition) is 6. The van der Waals surface area contributed by atoms with Gasteiger partial charge >= 0.3 is 0 Å². The molecular weight excluding hydrogens is 580 g/mol. The summed E-state index contributed by atoms with van der Waals surface area (Å²) in [5, 5.41) is 22.6. The van der Waals surface area contributed by atoms with Crippen molar-refractivity contribution in [3.05, 3.63) is 63.2 Å². The van der Waals surface area contributed by atoms with Gasteiger partial charge in [-0.1, -0.05) is 51.8 Å². The number of hydrogen-bond donors (Lipinski definition) is 2. The number of rotatable bonds is 1. The molecule has 1 spiro atoms. The number of carbonyl (C=O) groups excluding carboxylic acids is 4. The maximum absolute atomic E-state index is 14.6. The Morgan fingerprint density at radius 2 is 1.17 bits per heavy atom. The highest BCUT2D eigenvalue weighted by Crippen LogP contribution is 2.69. The summed E-state index contributed by atoms with van der Waals surface area (Å²) in [4.78, 5) is 58.3. The van der Waals surface area contributed by atoms with E-state index in [1.807, 2.05) is 39.8 Å². The molecule has 4 amide bonds. The molecule has 2 heterocycles. The molecule has 2 saturated heterocycles. The van der Waals surface area contributed by atoms with Gasteiger partial charge in [0.25, 0.3) is 0 Å². The zero-order chi connectivity index (χ0) is 33.4. The zero-order valence-electron chi connectivity index (χ0n) is 28.0. The number of likely N-dealkylation sites (tertiary alicyclic amines) is 1. The smallest absolute Gasteiger partial charge is 0.238 e. The fraction of sp³-hybridized carbons (Fsp3) is 0.526. The van der Waals surface area contributed by atoms with Crippen LogP contribution in [0.1, 0.15) is 89.1 Å². The number of benzene rings is 2. The van der Waals surface area contributed by atoms with Gasteiger partial charge in [-0.3, -0.25) is 24.1 Å². The first kappa shape index (κ1) is 29.5. The third-order valence-corrected chi connectivity index (χ3v) is 13.6. The summed E-state index contributed by atoms with van der Waals surface area (Å²) in [6.07, 6.45) is 1.54. The maximum atomic E-state index is 14.6. The van der Waals surface area contributed by atoms with Crippen molar-refractivity contribution in [1.29, 1.82) is 0 Å². The van der Waals surface area contributed by atoms with E-state index in [4.69, 9.17) is 0 Å². The summed E-state index contributed by atoms with van der Waals surface area (Å²) in [7, 11) is 1.49. The van der Waals surface area contributed by atoms with Crippen LogP contribution in [0.15, 0.2) is 35.4 Å². The molecule has 7 unspecified atom stereocenters. The molecule has 5 aliphatic carbocycles. The molecule has 7 atom stereocenters. The standard InChI is InChI=1S/C38H42N2O6/c1-16-10-19-21(12-24(16)41)38(14-35(19,4)5)15-36(6,7)20-11-23(25(42)13-22(20)38)40-32(44)28-26-17(2)18(3)37(8,30(28)34(40)46)29-27(26)31(43)39(9)33(29)45/h10-13,26-30,41-42H,14-15H2,1-9H3. The molecule has 240 valence electrons. The van der Waals surface area contributed by atoms with Gasteiger partial charge in [0.05, 0.1) is 29.4 Å². The summed E-state index contributed by atoms with van der Waals surface area (Å²) in [5.41, 5.74) is 4.98. The Balaban J connectivity index is 1.28. The fourth-order valence-corrected chi connectivity index (χ4v) is 11.5. The van der Waals surface area contributed by atoms with E-state index < -0.39 is 52.2 Å². The van der Waals surface area contributed by atoms with Crippen LogP contribution < -0.4 is 4.90 Å². The molecule has 9 rings (SSSR count). The monoisotopic (exact) mass is 622 g/mol. The number of nitrogens with zero attached hydrogens (tertiary/aromatic N) is 2. The molecule has 2 bridgehead atoms. The number of aromatic hydroxyl groups is 2. The molecule has 2 aromatic carbocycles. The van der Waals surface area contributed by atoms with Crippen molar-refractivity contribution in [2.45, 2.75) is 84.5 Å². The van der Waals surface area contributed by atoms with Crippen LogP contribution in [-0.2, 0) is 35.4 Å². The molecule has 0 radical (unpaired) electrons. The van der Waals surface area contributed by atoms with Gasteiger partial charge in [0.2, 0.25) is 23.6 Å². The average Bonchev–Trinajstić information content (AvgIpc) is 3.53. The minimum Gasteiger partial charge on any atom is -0.508 e. The average molecular weight is 623 g/mol. The predicted molar refractivity (Wildman–Crippen MR) is 171 cm³/mol. The quantitative estimate of drug-likeness (QED) is 0.326. The summed E-state index contributed by atoms with van der Waals surface area (Å²) < 4.78 is 0. The van der Waals surface area contributed by atoms with E-state index >= 15 is 0 Å². The van der Waals surface area contributed by atoms with E-state index in [9.17, 15) is 29.4 Å². The Hall–Kier alpha value is -3.94. The first-order valence-electron chi connectivity index (χ1n) is 16.4.